The maximum atomic E-state index is 13.5. The summed E-state index contributed by atoms with van der Waals surface area (Å²) in [6, 6.07) is 8.04. The lowest BCUT2D eigenvalue weighted by Gasteiger charge is -2.37. The van der Waals surface area contributed by atoms with Crippen LogP contribution in [0.1, 0.15) is 42.7 Å². The van der Waals surface area contributed by atoms with Crippen molar-refractivity contribution in [1.29, 1.82) is 0 Å². The highest BCUT2D eigenvalue weighted by molar-refractivity contribution is 7.10. The molecule has 2 heterocycles. The minimum absolute atomic E-state index is 0.0293. The third-order valence-electron chi connectivity index (χ3n) is 5.54. The summed E-state index contributed by atoms with van der Waals surface area (Å²) in [5.74, 6) is 0.0685. The molecule has 2 aromatic rings. The number of carbonyl (C=O) groups is 2. The van der Waals surface area contributed by atoms with Gasteiger partial charge < -0.3 is 14.5 Å². The van der Waals surface area contributed by atoms with Crippen LogP contribution in [0.5, 0.6) is 5.75 Å². The summed E-state index contributed by atoms with van der Waals surface area (Å²) in [6.07, 6.45) is 3.16. The fraction of sp³-hybridized carbons (Fsp3) is 0.455. The summed E-state index contributed by atoms with van der Waals surface area (Å²) in [7, 11) is 0. The van der Waals surface area contributed by atoms with Crippen LogP contribution in [-0.2, 0) is 16.0 Å². The van der Waals surface area contributed by atoms with E-state index in [9.17, 15) is 14.0 Å². The molecule has 1 atom stereocenters. The molecule has 29 heavy (non-hydrogen) atoms. The summed E-state index contributed by atoms with van der Waals surface area (Å²) in [5.41, 5.74) is 1.09. The van der Waals surface area contributed by atoms with Crippen LogP contribution >= 0.6 is 11.3 Å². The molecule has 1 aliphatic carbocycles. The molecule has 5 nitrogen and oxygen atoms in total. The molecule has 1 aromatic carbocycles. The number of carbonyl (C=O) groups excluding carboxylic acids is 2. The molecule has 0 spiro atoms. The Hall–Kier alpha value is -2.41. The van der Waals surface area contributed by atoms with Crippen LogP contribution in [0.2, 0.25) is 0 Å². The van der Waals surface area contributed by atoms with Gasteiger partial charge in [0.15, 0.2) is 0 Å². The Bertz CT molecular complexity index is 896. The molecule has 0 saturated heterocycles. The molecule has 2 amide bonds. The zero-order valence-electron chi connectivity index (χ0n) is 16.5. The van der Waals surface area contributed by atoms with E-state index in [1.54, 1.807) is 28.4 Å². The molecular weight excluding hydrogens is 391 g/mol. The maximum Gasteiger partial charge on any atom is 0.242 e. The lowest BCUT2D eigenvalue weighted by molar-refractivity contribution is -0.143. The van der Waals surface area contributed by atoms with Crippen molar-refractivity contribution in [2.24, 2.45) is 0 Å². The van der Waals surface area contributed by atoms with Gasteiger partial charge in [0.25, 0.3) is 0 Å². The summed E-state index contributed by atoms with van der Waals surface area (Å²) < 4.78 is 19.3. The van der Waals surface area contributed by atoms with Crippen LogP contribution in [0.3, 0.4) is 0 Å². The number of amides is 2. The average molecular weight is 417 g/mol. The van der Waals surface area contributed by atoms with Crippen molar-refractivity contribution in [2.45, 2.75) is 44.7 Å². The number of benzene rings is 1. The smallest absolute Gasteiger partial charge is 0.242 e. The van der Waals surface area contributed by atoms with Gasteiger partial charge in [0.2, 0.25) is 11.8 Å². The Morgan fingerprint density at radius 2 is 2.14 bits per heavy atom. The molecule has 0 N–H and O–H groups in total. The van der Waals surface area contributed by atoms with Gasteiger partial charge in [0.05, 0.1) is 6.04 Å². The highest BCUT2D eigenvalue weighted by Gasteiger charge is 2.37. The molecule has 7 heteroatoms. The quantitative estimate of drug-likeness (QED) is 0.690. The van der Waals surface area contributed by atoms with Crippen molar-refractivity contribution >= 4 is 23.2 Å². The molecule has 1 aliphatic heterocycles. The summed E-state index contributed by atoms with van der Waals surface area (Å²) >= 11 is 1.69. The summed E-state index contributed by atoms with van der Waals surface area (Å²) in [5, 5.41) is 2.03. The second-order valence-corrected chi connectivity index (χ2v) is 8.53. The second-order valence-electron chi connectivity index (χ2n) is 7.53. The van der Waals surface area contributed by atoms with E-state index in [0.717, 1.165) is 24.8 Å². The minimum atomic E-state index is -0.353. The lowest BCUT2D eigenvalue weighted by Crippen LogP contribution is -2.48. The first-order valence-corrected chi connectivity index (χ1v) is 11.0. The van der Waals surface area contributed by atoms with Crippen molar-refractivity contribution in [2.75, 3.05) is 19.7 Å². The first kappa shape index (κ1) is 19.9. The van der Waals surface area contributed by atoms with E-state index >= 15 is 0 Å². The lowest BCUT2D eigenvalue weighted by atomic mass is 10.0. The van der Waals surface area contributed by atoms with Crippen LogP contribution in [0.15, 0.2) is 35.7 Å². The topological polar surface area (TPSA) is 49.9 Å². The van der Waals surface area contributed by atoms with Crippen LogP contribution in [-0.4, -0.2) is 47.4 Å². The van der Waals surface area contributed by atoms with Gasteiger partial charge in [-0.15, -0.1) is 11.3 Å². The highest BCUT2D eigenvalue weighted by atomic mass is 32.1. The van der Waals surface area contributed by atoms with E-state index in [1.807, 2.05) is 23.3 Å². The van der Waals surface area contributed by atoms with E-state index in [4.69, 9.17) is 4.74 Å². The molecule has 154 valence electrons. The number of fused-ring (bicyclic) bond motifs is 1. The maximum absolute atomic E-state index is 13.5. The van der Waals surface area contributed by atoms with Crippen LogP contribution in [0.25, 0.3) is 0 Å². The Balaban J connectivity index is 1.51. The fourth-order valence-corrected chi connectivity index (χ4v) is 4.78. The van der Waals surface area contributed by atoms with Gasteiger partial charge in [0, 0.05) is 30.0 Å². The number of thiophene rings is 1. The predicted octanol–water partition coefficient (Wildman–Crippen LogP) is 3.79. The molecular formula is C22H25FN2O3S. The van der Waals surface area contributed by atoms with Gasteiger partial charge in [-0.05, 0) is 48.4 Å². The van der Waals surface area contributed by atoms with Gasteiger partial charge in [-0.2, -0.15) is 0 Å². The van der Waals surface area contributed by atoms with Gasteiger partial charge in [-0.25, -0.2) is 4.39 Å². The zero-order chi connectivity index (χ0) is 20.4. The first-order chi connectivity index (χ1) is 14.1. The molecule has 4 rings (SSSR count). The second kappa shape index (κ2) is 8.53. The number of ether oxygens (including phenoxy) is 1. The number of hydrogen-bond donors (Lipinski definition) is 0. The van der Waals surface area contributed by atoms with Gasteiger partial charge in [-0.3, -0.25) is 9.59 Å². The van der Waals surface area contributed by atoms with Crippen LogP contribution < -0.4 is 4.74 Å². The monoisotopic (exact) mass is 416 g/mol. The van der Waals surface area contributed by atoms with E-state index in [2.05, 4.69) is 0 Å². The number of rotatable bonds is 7. The standard InChI is InChI=1S/C22H25FN2O3S/c1-2-21(26)25(16-6-7-16)13-22(27)24-10-8-20-18(9-11-29-20)19(24)14-28-17-5-3-4-15(23)12-17/h3-5,9,11-12,16,19H,2,6-8,10,13-14H2,1H3. The number of nitrogens with zero attached hydrogens (tertiary/aromatic N) is 2. The van der Waals surface area contributed by atoms with Crippen molar-refractivity contribution in [3.63, 3.8) is 0 Å². The Morgan fingerprint density at radius 1 is 1.31 bits per heavy atom. The van der Waals surface area contributed by atoms with Crippen molar-refractivity contribution < 1.29 is 18.7 Å². The Kier molecular flexibility index (Phi) is 5.85. The van der Waals surface area contributed by atoms with E-state index < -0.39 is 0 Å². The minimum Gasteiger partial charge on any atom is -0.491 e. The third-order valence-corrected chi connectivity index (χ3v) is 6.53. The normalized spacial score (nSPS) is 18.3. The molecule has 0 radical (unpaired) electrons. The first-order valence-electron chi connectivity index (χ1n) is 10.1. The predicted molar refractivity (Wildman–Crippen MR) is 109 cm³/mol. The zero-order valence-corrected chi connectivity index (χ0v) is 17.3. The third kappa shape index (κ3) is 4.45. The fourth-order valence-electron chi connectivity index (χ4n) is 3.85. The largest absolute Gasteiger partial charge is 0.491 e. The van der Waals surface area contributed by atoms with Crippen LogP contribution in [0.4, 0.5) is 4.39 Å². The molecule has 1 saturated carbocycles. The van der Waals surface area contributed by atoms with Gasteiger partial charge in [0.1, 0.15) is 24.7 Å². The summed E-state index contributed by atoms with van der Waals surface area (Å²) in [4.78, 5) is 30.3. The van der Waals surface area contributed by atoms with E-state index in [-0.39, 0.29) is 42.9 Å². The molecule has 1 fully saturated rings. The number of halogens is 1. The molecule has 1 unspecified atom stereocenters. The average Bonchev–Trinajstić information content (AvgIpc) is 3.45. The van der Waals surface area contributed by atoms with Crippen molar-refractivity contribution in [3.05, 3.63) is 52.0 Å². The Morgan fingerprint density at radius 3 is 2.86 bits per heavy atom. The SMILES string of the molecule is CCC(=O)N(CC(=O)N1CCc2sccc2C1COc1cccc(F)c1)C1CC1. The molecule has 2 aliphatic rings. The number of hydrogen-bond acceptors (Lipinski definition) is 4. The van der Waals surface area contributed by atoms with Crippen LogP contribution in [0, 0.1) is 5.82 Å². The molecule has 0 bridgehead atoms. The highest BCUT2D eigenvalue weighted by Crippen LogP contribution is 2.35. The van der Waals surface area contributed by atoms with Gasteiger partial charge >= 0.3 is 0 Å². The van der Waals surface area contributed by atoms with Gasteiger partial charge in [-0.1, -0.05) is 13.0 Å². The Labute approximate surface area is 174 Å². The van der Waals surface area contributed by atoms with Crippen molar-refractivity contribution in [1.82, 2.24) is 9.80 Å². The molecule has 1 aromatic heterocycles. The van der Waals surface area contributed by atoms with Crippen molar-refractivity contribution in [3.8, 4) is 5.75 Å². The van der Waals surface area contributed by atoms with E-state index in [0.29, 0.717) is 18.7 Å². The summed E-state index contributed by atoms with van der Waals surface area (Å²) in [6.45, 7) is 2.80. The van der Waals surface area contributed by atoms with E-state index in [1.165, 1.54) is 17.0 Å².